The van der Waals surface area contributed by atoms with Crippen LogP contribution in [0.25, 0.3) is 6.08 Å². The average molecular weight is 312 g/mol. The molecule has 0 radical (unpaired) electrons. The van der Waals surface area contributed by atoms with Gasteiger partial charge in [-0.25, -0.2) is 0 Å². The van der Waals surface area contributed by atoms with Crippen molar-refractivity contribution in [2.24, 2.45) is 0 Å². The van der Waals surface area contributed by atoms with Crippen LogP contribution in [0.3, 0.4) is 0 Å². The summed E-state index contributed by atoms with van der Waals surface area (Å²) >= 11 is 0. The highest BCUT2D eigenvalue weighted by Gasteiger charge is 2.08. The van der Waals surface area contributed by atoms with E-state index in [-0.39, 0.29) is 12.4 Å². The Morgan fingerprint density at radius 2 is 1.83 bits per heavy atom. The first-order chi connectivity index (χ1) is 11.2. The van der Waals surface area contributed by atoms with E-state index >= 15 is 0 Å². The van der Waals surface area contributed by atoms with Gasteiger partial charge in [0.15, 0.2) is 0 Å². The minimum absolute atomic E-state index is 0.267. The molecule has 4 nitrogen and oxygen atoms in total. The molecule has 0 aliphatic heterocycles. The van der Waals surface area contributed by atoms with Gasteiger partial charge in [-0.2, -0.15) is 0 Å². The Kier molecular flexibility index (Phi) is 6.24. The standard InChI is InChI=1S/C19H20O4/c1-21-17-9-10-18(22-2)16(14-17)8-11-19(20)23-13-12-15-6-4-3-5-7-15/h3-7,9-10,12-14H,8,11H2,1-2H3. The molecule has 0 bridgehead atoms. The highest BCUT2D eigenvalue weighted by atomic mass is 16.5. The summed E-state index contributed by atoms with van der Waals surface area (Å²) < 4.78 is 15.6. The summed E-state index contributed by atoms with van der Waals surface area (Å²) in [6, 6.07) is 15.2. The van der Waals surface area contributed by atoms with E-state index in [1.807, 2.05) is 48.5 Å². The van der Waals surface area contributed by atoms with E-state index in [0.717, 1.165) is 22.6 Å². The third-order valence-corrected chi connectivity index (χ3v) is 3.35. The first-order valence-electron chi connectivity index (χ1n) is 7.35. The van der Waals surface area contributed by atoms with E-state index in [1.165, 1.54) is 6.26 Å². The van der Waals surface area contributed by atoms with Crippen LogP contribution >= 0.6 is 0 Å². The molecule has 0 aromatic heterocycles. The van der Waals surface area contributed by atoms with Gasteiger partial charge in [0.05, 0.1) is 26.9 Å². The van der Waals surface area contributed by atoms with E-state index < -0.39 is 0 Å². The lowest BCUT2D eigenvalue weighted by molar-refractivity contribution is -0.137. The van der Waals surface area contributed by atoms with E-state index in [4.69, 9.17) is 14.2 Å². The van der Waals surface area contributed by atoms with Gasteiger partial charge >= 0.3 is 5.97 Å². The second kappa shape index (κ2) is 8.63. The molecule has 0 amide bonds. The minimum Gasteiger partial charge on any atom is -0.497 e. The van der Waals surface area contributed by atoms with Crippen molar-refractivity contribution < 1.29 is 19.0 Å². The second-order valence-corrected chi connectivity index (χ2v) is 4.88. The summed E-state index contributed by atoms with van der Waals surface area (Å²) in [5.74, 6) is 1.18. The molecule has 0 aliphatic carbocycles. The van der Waals surface area contributed by atoms with Crippen molar-refractivity contribution in [3.8, 4) is 11.5 Å². The topological polar surface area (TPSA) is 44.8 Å². The van der Waals surface area contributed by atoms with E-state index in [1.54, 1.807) is 20.3 Å². The van der Waals surface area contributed by atoms with Crippen molar-refractivity contribution in [2.75, 3.05) is 14.2 Å². The van der Waals surface area contributed by atoms with Crippen LogP contribution in [0.4, 0.5) is 0 Å². The first kappa shape index (κ1) is 16.6. The van der Waals surface area contributed by atoms with Crippen LogP contribution in [-0.2, 0) is 16.0 Å². The molecule has 0 N–H and O–H groups in total. The predicted molar refractivity (Wildman–Crippen MR) is 89.4 cm³/mol. The molecule has 2 aromatic rings. The summed E-state index contributed by atoms with van der Waals surface area (Å²) in [5, 5.41) is 0. The molecule has 0 spiro atoms. The van der Waals surface area contributed by atoms with Crippen molar-refractivity contribution in [1.29, 1.82) is 0 Å². The first-order valence-corrected chi connectivity index (χ1v) is 7.35. The average Bonchev–Trinajstić information content (AvgIpc) is 2.60. The van der Waals surface area contributed by atoms with Crippen LogP contribution in [0.15, 0.2) is 54.8 Å². The Balaban J connectivity index is 1.88. The molecule has 2 rings (SSSR count). The maximum atomic E-state index is 11.8. The van der Waals surface area contributed by atoms with E-state index in [9.17, 15) is 4.79 Å². The zero-order valence-corrected chi connectivity index (χ0v) is 13.3. The molecular weight excluding hydrogens is 292 g/mol. The fourth-order valence-corrected chi connectivity index (χ4v) is 2.13. The van der Waals surface area contributed by atoms with Crippen molar-refractivity contribution in [2.45, 2.75) is 12.8 Å². The third-order valence-electron chi connectivity index (χ3n) is 3.35. The SMILES string of the molecule is COc1ccc(OC)c(CCC(=O)OC=Cc2ccccc2)c1. The van der Waals surface area contributed by atoms with Crippen molar-refractivity contribution >= 4 is 12.0 Å². The minimum atomic E-state index is -0.290. The van der Waals surface area contributed by atoms with Crippen LogP contribution in [0.5, 0.6) is 11.5 Å². The molecule has 0 saturated carbocycles. The van der Waals surface area contributed by atoms with Crippen LogP contribution in [0, 0.1) is 0 Å². The number of carbonyl (C=O) groups is 1. The van der Waals surface area contributed by atoms with Crippen molar-refractivity contribution in [3.05, 3.63) is 65.9 Å². The van der Waals surface area contributed by atoms with Gasteiger partial charge in [0.25, 0.3) is 0 Å². The number of aryl methyl sites for hydroxylation is 1. The highest BCUT2D eigenvalue weighted by Crippen LogP contribution is 2.25. The van der Waals surface area contributed by atoms with Crippen LogP contribution in [0.2, 0.25) is 0 Å². The summed E-state index contributed by atoms with van der Waals surface area (Å²) in [5.41, 5.74) is 1.89. The molecule has 0 aliphatic rings. The maximum Gasteiger partial charge on any atom is 0.310 e. The lowest BCUT2D eigenvalue weighted by atomic mass is 10.1. The zero-order chi connectivity index (χ0) is 16.5. The van der Waals surface area contributed by atoms with Crippen molar-refractivity contribution in [1.82, 2.24) is 0 Å². The number of rotatable bonds is 7. The van der Waals surface area contributed by atoms with Gasteiger partial charge in [0.2, 0.25) is 0 Å². The molecule has 2 aromatic carbocycles. The van der Waals surface area contributed by atoms with Gasteiger partial charge in [-0.3, -0.25) is 4.79 Å². The van der Waals surface area contributed by atoms with Gasteiger partial charge in [-0.15, -0.1) is 0 Å². The van der Waals surface area contributed by atoms with Gasteiger partial charge in [-0.05, 0) is 41.8 Å². The second-order valence-electron chi connectivity index (χ2n) is 4.88. The summed E-state index contributed by atoms with van der Waals surface area (Å²) in [6.07, 6.45) is 3.96. The highest BCUT2D eigenvalue weighted by molar-refractivity contribution is 5.71. The van der Waals surface area contributed by atoms with Crippen LogP contribution in [0.1, 0.15) is 17.5 Å². The van der Waals surface area contributed by atoms with Crippen LogP contribution < -0.4 is 9.47 Å². The normalized spacial score (nSPS) is 10.5. The molecule has 120 valence electrons. The molecule has 0 fully saturated rings. The molecule has 0 saturated heterocycles. The van der Waals surface area contributed by atoms with Gasteiger partial charge in [0, 0.05) is 0 Å². The lowest BCUT2D eigenvalue weighted by Gasteiger charge is -2.09. The Hall–Kier alpha value is -2.75. The van der Waals surface area contributed by atoms with Crippen molar-refractivity contribution in [3.63, 3.8) is 0 Å². The zero-order valence-electron chi connectivity index (χ0n) is 13.3. The molecule has 23 heavy (non-hydrogen) atoms. The maximum absolute atomic E-state index is 11.8. The molecule has 4 heteroatoms. The third kappa shape index (κ3) is 5.18. The quantitative estimate of drug-likeness (QED) is 0.575. The smallest absolute Gasteiger partial charge is 0.310 e. The van der Waals surface area contributed by atoms with Crippen LogP contribution in [-0.4, -0.2) is 20.2 Å². The van der Waals surface area contributed by atoms with Gasteiger partial charge in [-0.1, -0.05) is 30.3 Å². The Morgan fingerprint density at radius 3 is 2.52 bits per heavy atom. The van der Waals surface area contributed by atoms with E-state index in [0.29, 0.717) is 6.42 Å². The Morgan fingerprint density at radius 1 is 1.04 bits per heavy atom. The summed E-state index contributed by atoms with van der Waals surface area (Å²) in [6.45, 7) is 0. The number of esters is 1. The van der Waals surface area contributed by atoms with Gasteiger partial charge < -0.3 is 14.2 Å². The Labute approximate surface area is 136 Å². The largest absolute Gasteiger partial charge is 0.497 e. The summed E-state index contributed by atoms with van der Waals surface area (Å²) in [7, 11) is 3.21. The number of ether oxygens (including phenoxy) is 3. The lowest BCUT2D eigenvalue weighted by Crippen LogP contribution is -2.03. The number of hydrogen-bond donors (Lipinski definition) is 0. The molecule has 0 unspecified atom stereocenters. The predicted octanol–water partition coefficient (Wildman–Crippen LogP) is 3.85. The fraction of sp³-hybridized carbons (Fsp3) is 0.211. The fourth-order valence-electron chi connectivity index (χ4n) is 2.13. The molecule has 0 atom stereocenters. The number of benzene rings is 2. The molecular formula is C19H20O4. The number of carbonyl (C=O) groups excluding carboxylic acids is 1. The van der Waals surface area contributed by atoms with E-state index in [2.05, 4.69) is 0 Å². The number of methoxy groups -OCH3 is 2. The summed E-state index contributed by atoms with van der Waals surface area (Å²) in [4.78, 5) is 11.8. The Bertz CT molecular complexity index is 662. The van der Waals surface area contributed by atoms with Gasteiger partial charge in [0.1, 0.15) is 11.5 Å². The molecule has 0 heterocycles. The number of hydrogen-bond acceptors (Lipinski definition) is 4. The monoisotopic (exact) mass is 312 g/mol.